The number of hydrogen-bond acceptors (Lipinski definition) is 7. The summed E-state index contributed by atoms with van der Waals surface area (Å²) < 4.78 is 34.3. The molecule has 0 saturated carbocycles. The molecule has 0 atom stereocenters. The van der Waals surface area contributed by atoms with Crippen LogP contribution in [-0.4, -0.2) is 65.7 Å². The van der Waals surface area contributed by atoms with E-state index in [1.807, 2.05) is 48.7 Å². The molecule has 0 N–H and O–H groups in total. The zero-order valence-corrected chi connectivity index (χ0v) is 24.5. The van der Waals surface area contributed by atoms with Crippen molar-refractivity contribution in [1.29, 1.82) is 0 Å². The number of nitrogens with zero attached hydrogens (tertiary/aromatic N) is 1. The summed E-state index contributed by atoms with van der Waals surface area (Å²) in [7, 11) is 0. The van der Waals surface area contributed by atoms with Crippen molar-refractivity contribution in [2.24, 2.45) is 4.99 Å². The van der Waals surface area contributed by atoms with Crippen molar-refractivity contribution in [3.63, 3.8) is 0 Å². The summed E-state index contributed by atoms with van der Waals surface area (Å²) in [6.45, 7) is 7.00. The number of aliphatic imine (C=N–C) groups is 1. The molecule has 0 aromatic heterocycles. The normalized spacial score (nSPS) is 15.4. The second kappa shape index (κ2) is 21.2. The summed E-state index contributed by atoms with van der Waals surface area (Å²) in [4.78, 5) is 4.64. The topological polar surface area (TPSA) is 67.7 Å². The lowest BCUT2D eigenvalue weighted by Crippen LogP contribution is -2.13. The molecule has 0 aliphatic carbocycles. The fourth-order valence-electron chi connectivity index (χ4n) is 4.35. The van der Waals surface area contributed by atoms with Crippen LogP contribution in [-0.2, 0) is 14.2 Å². The summed E-state index contributed by atoms with van der Waals surface area (Å²) in [5.41, 5.74) is 1.79. The van der Waals surface area contributed by atoms with Gasteiger partial charge in [0.05, 0.1) is 51.9 Å². The number of ether oxygens (including phenoxy) is 6. The highest BCUT2D eigenvalue weighted by molar-refractivity contribution is 5.82. The Kier molecular flexibility index (Phi) is 16.9. The van der Waals surface area contributed by atoms with Gasteiger partial charge in [-0.3, -0.25) is 4.99 Å². The Bertz CT molecular complexity index is 933. The van der Waals surface area contributed by atoms with Crippen LogP contribution in [0.3, 0.4) is 0 Å². The molecular formula is C33H49NO6. The lowest BCUT2D eigenvalue weighted by Gasteiger charge is -2.13. The molecule has 0 bridgehead atoms. The van der Waals surface area contributed by atoms with Gasteiger partial charge in [0.1, 0.15) is 19.0 Å². The van der Waals surface area contributed by atoms with E-state index in [0.29, 0.717) is 64.4 Å². The Hall–Kier alpha value is -2.61. The third-order valence-electron chi connectivity index (χ3n) is 6.65. The van der Waals surface area contributed by atoms with Gasteiger partial charge >= 0.3 is 0 Å². The van der Waals surface area contributed by atoms with Gasteiger partial charge in [0.2, 0.25) is 0 Å². The number of benzene rings is 2. The maximum Gasteiger partial charge on any atom is 0.163 e. The summed E-state index contributed by atoms with van der Waals surface area (Å²) in [6.07, 6.45) is 15.1. The molecule has 7 nitrogen and oxygen atoms in total. The molecule has 0 unspecified atom stereocenters. The second-order valence-electron chi connectivity index (χ2n) is 10.0. The Balaban J connectivity index is 1.39. The minimum atomic E-state index is 0.417. The molecule has 3 rings (SSSR count). The van der Waals surface area contributed by atoms with Crippen LogP contribution in [0.5, 0.6) is 17.2 Å². The van der Waals surface area contributed by atoms with E-state index in [9.17, 15) is 0 Å². The molecule has 0 radical (unpaired) electrons. The number of unbranched alkanes of at least 4 members (excludes halogenated alkanes) is 9. The standard InChI is InChI=1S/C33H49NO6/c1-2-3-4-5-6-7-8-9-10-11-18-38-31-15-12-29(13-16-31)28-34-30-14-17-32-33(27-30)40-26-24-37-22-20-35-19-21-36-23-25-39-32/h12-17,27-28H,2-11,18-26H2,1H3. The van der Waals surface area contributed by atoms with Crippen molar-refractivity contribution in [1.82, 2.24) is 0 Å². The molecule has 7 heteroatoms. The zero-order valence-electron chi connectivity index (χ0n) is 24.5. The van der Waals surface area contributed by atoms with Crippen LogP contribution < -0.4 is 14.2 Å². The van der Waals surface area contributed by atoms with Crippen molar-refractivity contribution >= 4 is 11.9 Å². The highest BCUT2D eigenvalue weighted by Crippen LogP contribution is 2.32. The van der Waals surface area contributed by atoms with Gasteiger partial charge in [-0.05, 0) is 48.4 Å². The van der Waals surface area contributed by atoms with E-state index < -0.39 is 0 Å². The minimum Gasteiger partial charge on any atom is -0.494 e. The number of fused-ring (bicyclic) bond motifs is 1. The Morgan fingerprint density at radius 2 is 1.18 bits per heavy atom. The van der Waals surface area contributed by atoms with E-state index in [1.165, 1.54) is 57.8 Å². The molecule has 0 saturated heterocycles. The quantitative estimate of drug-likeness (QED) is 0.177. The van der Waals surface area contributed by atoms with Gasteiger partial charge in [-0.15, -0.1) is 0 Å². The Morgan fingerprint density at radius 1 is 0.625 bits per heavy atom. The van der Waals surface area contributed by atoms with Gasteiger partial charge in [-0.2, -0.15) is 0 Å². The van der Waals surface area contributed by atoms with E-state index in [2.05, 4.69) is 11.9 Å². The fourth-order valence-corrected chi connectivity index (χ4v) is 4.35. The third-order valence-corrected chi connectivity index (χ3v) is 6.65. The van der Waals surface area contributed by atoms with Gasteiger partial charge in [0.25, 0.3) is 0 Å². The predicted octanol–water partition coefficient (Wildman–Crippen LogP) is 7.56. The van der Waals surface area contributed by atoms with Crippen LogP contribution in [0.2, 0.25) is 0 Å². The molecule has 2 aromatic rings. The van der Waals surface area contributed by atoms with E-state index in [-0.39, 0.29) is 0 Å². The number of hydrogen-bond donors (Lipinski definition) is 0. The molecule has 40 heavy (non-hydrogen) atoms. The summed E-state index contributed by atoms with van der Waals surface area (Å²) in [5, 5.41) is 0. The average Bonchev–Trinajstić information content (AvgIpc) is 2.99. The average molecular weight is 556 g/mol. The van der Waals surface area contributed by atoms with Crippen LogP contribution in [0.4, 0.5) is 5.69 Å². The second-order valence-corrected chi connectivity index (χ2v) is 10.0. The lowest BCUT2D eigenvalue weighted by atomic mass is 10.1. The highest BCUT2D eigenvalue weighted by Gasteiger charge is 2.08. The molecule has 1 aliphatic heterocycles. The summed E-state index contributed by atoms with van der Waals surface area (Å²) in [6, 6.07) is 13.8. The van der Waals surface area contributed by atoms with Crippen molar-refractivity contribution in [2.45, 2.75) is 71.1 Å². The first-order valence-corrected chi connectivity index (χ1v) is 15.2. The molecule has 0 amide bonds. The zero-order chi connectivity index (χ0) is 27.9. The van der Waals surface area contributed by atoms with Gasteiger partial charge < -0.3 is 28.4 Å². The monoisotopic (exact) mass is 555 g/mol. The SMILES string of the molecule is CCCCCCCCCCCCOc1ccc(C=Nc2ccc3c(c2)OCCOCCOCCOCCO3)cc1. The van der Waals surface area contributed by atoms with E-state index >= 15 is 0 Å². The van der Waals surface area contributed by atoms with Gasteiger partial charge in [0, 0.05) is 12.3 Å². The van der Waals surface area contributed by atoms with Crippen molar-refractivity contribution < 1.29 is 28.4 Å². The van der Waals surface area contributed by atoms with Crippen molar-refractivity contribution in [3.8, 4) is 17.2 Å². The third kappa shape index (κ3) is 14.1. The van der Waals surface area contributed by atoms with Crippen molar-refractivity contribution in [2.75, 3.05) is 59.5 Å². The van der Waals surface area contributed by atoms with Crippen LogP contribution in [0, 0.1) is 0 Å². The van der Waals surface area contributed by atoms with Crippen LogP contribution in [0.15, 0.2) is 47.5 Å². The number of rotatable bonds is 14. The fraction of sp³-hybridized carbons (Fsp3) is 0.606. The van der Waals surface area contributed by atoms with E-state index in [0.717, 1.165) is 30.0 Å². The van der Waals surface area contributed by atoms with Crippen LogP contribution >= 0.6 is 0 Å². The maximum atomic E-state index is 5.94. The van der Waals surface area contributed by atoms with Gasteiger partial charge in [-0.1, -0.05) is 64.7 Å². The molecule has 1 heterocycles. The highest BCUT2D eigenvalue weighted by atomic mass is 16.6. The van der Waals surface area contributed by atoms with Crippen LogP contribution in [0.1, 0.15) is 76.7 Å². The lowest BCUT2D eigenvalue weighted by molar-refractivity contribution is 0.00708. The molecule has 222 valence electrons. The van der Waals surface area contributed by atoms with E-state index in [4.69, 9.17) is 28.4 Å². The van der Waals surface area contributed by atoms with Crippen LogP contribution in [0.25, 0.3) is 0 Å². The minimum absolute atomic E-state index is 0.417. The molecule has 0 spiro atoms. The van der Waals surface area contributed by atoms with Gasteiger partial charge in [0.15, 0.2) is 11.5 Å². The smallest absolute Gasteiger partial charge is 0.163 e. The molecule has 2 aromatic carbocycles. The van der Waals surface area contributed by atoms with Gasteiger partial charge in [-0.25, -0.2) is 0 Å². The Labute approximate surface area is 241 Å². The molecule has 1 aliphatic rings. The largest absolute Gasteiger partial charge is 0.494 e. The first kappa shape index (κ1) is 31.9. The summed E-state index contributed by atoms with van der Waals surface area (Å²) in [5.74, 6) is 2.20. The maximum absolute atomic E-state index is 5.94. The first-order chi connectivity index (χ1) is 19.8. The van der Waals surface area contributed by atoms with Crippen molar-refractivity contribution in [3.05, 3.63) is 48.0 Å². The predicted molar refractivity (Wildman–Crippen MR) is 161 cm³/mol. The first-order valence-electron chi connectivity index (χ1n) is 15.2. The molecule has 0 fully saturated rings. The van der Waals surface area contributed by atoms with E-state index in [1.54, 1.807) is 0 Å². The Morgan fingerprint density at radius 3 is 1.80 bits per heavy atom. The molecular weight excluding hydrogens is 506 g/mol. The summed E-state index contributed by atoms with van der Waals surface area (Å²) >= 11 is 0.